The molecule has 0 aliphatic carbocycles. The summed E-state index contributed by atoms with van der Waals surface area (Å²) in [4.78, 5) is 21.2. The lowest BCUT2D eigenvalue weighted by Crippen LogP contribution is -2.33. The Labute approximate surface area is 113 Å². The second-order valence-corrected chi connectivity index (χ2v) is 5.16. The minimum absolute atomic E-state index is 0.0605. The minimum atomic E-state index is -1.03. The Morgan fingerprint density at radius 2 is 2.00 bits per heavy atom. The monoisotopic (exact) mass is 283 g/mol. The van der Waals surface area contributed by atoms with Gasteiger partial charge in [0.15, 0.2) is 6.61 Å². The molecule has 1 aliphatic rings. The maximum Gasteiger partial charge on any atom is 0.341 e. The highest BCUT2D eigenvalue weighted by Gasteiger charge is 2.30. The molecule has 0 radical (unpaired) electrons. The summed E-state index contributed by atoms with van der Waals surface area (Å²) in [5.74, 6) is -0.876. The number of rotatable bonds is 5. The first-order valence-electron chi connectivity index (χ1n) is 5.61. The second kappa shape index (κ2) is 5.94. The number of benzene rings is 1. The first kappa shape index (κ1) is 13.7. The Morgan fingerprint density at radius 3 is 2.53 bits per heavy atom. The van der Waals surface area contributed by atoms with Crippen LogP contribution in [0.5, 0.6) is 5.75 Å². The zero-order valence-electron chi connectivity index (χ0n) is 9.91. The van der Waals surface area contributed by atoms with Crippen LogP contribution in [0.1, 0.15) is 10.9 Å². The average Bonchev–Trinajstić information content (AvgIpc) is 2.86. The largest absolute Gasteiger partial charge is 0.482 e. The Hall–Kier alpha value is -1.73. The highest BCUT2D eigenvalue weighted by atomic mass is 32.2. The smallest absolute Gasteiger partial charge is 0.341 e. The summed E-state index contributed by atoms with van der Waals surface area (Å²) in [5, 5.41) is 20.3. The first-order valence-corrected chi connectivity index (χ1v) is 6.66. The summed E-state index contributed by atoms with van der Waals surface area (Å²) >= 11 is 1.53. The summed E-state index contributed by atoms with van der Waals surface area (Å²) < 4.78 is 5.02. The van der Waals surface area contributed by atoms with Crippen LogP contribution in [-0.4, -0.2) is 40.6 Å². The van der Waals surface area contributed by atoms with Gasteiger partial charge in [0, 0.05) is 5.75 Å². The van der Waals surface area contributed by atoms with Crippen molar-refractivity contribution in [1.82, 2.24) is 5.32 Å². The normalized spacial score (nSPS) is 22.1. The van der Waals surface area contributed by atoms with Crippen molar-refractivity contribution >= 4 is 23.7 Å². The molecule has 2 rings (SSSR count). The molecule has 7 heteroatoms. The van der Waals surface area contributed by atoms with Gasteiger partial charge in [-0.05, 0) is 17.7 Å². The fourth-order valence-corrected chi connectivity index (χ4v) is 2.92. The van der Waals surface area contributed by atoms with Crippen molar-refractivity contribution in [2.45, 2.75) is 11.4 Å². The van der Waals surface area contributed by atoms with E-state index in [1.807, 2.05) is 0 Å². The molecule has 1 saturated heterocycles. The maximum absolute atomic E-state index is 10.8. The summed E-state index contributed by atoms with van der Waals surface area (Å²) in [6.45, 7) is -0.378. The number of aliphatic carboxylic acids is 2. The van der Waals surface area contributed by atoms with Crippen molar-refractivity contribution in [3.63, 3.8) is 0 Å². The number of carbonyl (C=O) groups is 2. The molecule has 102 valence electrons. The number of ether oxygens (including phenoxy) is 1. The van der Waals surface area contributed by atoms with E-state index in [2.05, 4.69) is 5.32 Å². The summed E-state index contributed by atoms with van der Waals surface area (Å²) in [6, 6.07) is 6.42. The van der Waals surface area contributed by atoms with E-state index in [4.69, 9.17) is 14.9 Å². The molecule has 1 aromatic rings. The SMILES string of the molecule is O=C(O)COc1ccc([C@@H]2N[C@@H](C(=O)O)CS2)cc1. The highest BCUT2D eigenvalue weighted by molar-refractivity contribution is 7.99. The standard InChI is InChI=1S/C12H13NO5S/c14-10(15)5-18-8-3-1-7(2-4-8)11-13-9(6-19-11)12(16)17/h1-4,9,11,13H,5-6H2,(H,14,15)(H,16,17)/t9-,11-/m1/s1. The fraction of sp³-hybridized carbons (Fsp3) is 0.333. The van der Waals surface area contributed by atoms with Crippen LogP contribution in [0.25, 0.3) is 0 Å². The topological polar surface area (TPSA) is 95.9 Å². The third-order valence-electron chi connectivity index (χ3n) is 2.63. The lowest BCUT2D eigenvalue weighted by molar-refractivity contribution is -0.140. The molecule has 0 aromatic heterocycles. The Morgan fingerprint density at radius 1 is 1.32 bits per heavy atom. The molecule has 0 bridgehead atoms. The minimum Gasteiger partial charge on any atom is -0.482 e. The van der Waals surface area contributed by atoms with Crippen LogP contribution in [0.4, 0.5) is 0 Å². The molecule has 1 heterocycles. The predicted octanol–water partition coefficient (Wildman–Crippen LogP) is 0.938. The molecule has 2 atom stereocenters. The first-order chi connectivity index (χ1) is 9.06. The number of carboxylic acid groups (broad SMARTS) is 2. The van der Waals surface area contributed by atoms with Gasteiger partial charge in [-0.1, -0.05) is 12.1 Å². The zero-order valence-corrected chi connectivity index (χ0v) is 10.7. The lowest BCUT2D eigenvalue weighted by atomic mass is 10.2. The Balaban J connectivity index is 1.95. The van der Waals surface area contributed by atoms with Crippen molar-refractivity contribution in [3.8, 4) is 5.75 Å². The van der Waals surface area contributed by atoms with Gasteiger partial charge in [-0.25, -0.2) is 4.79 Å². The maximum atomic E-state index is 10.8. The molecule has 1 aliphatic heterocycles. The van der Waals surface area contributed by atoms with E-state index in [0.29, 0.717) is 11.5 Å². The molecular weight excluding hydrogens is 270 g/mol. The van der Waals surface area contributed by atoms with E-state index in [-0.39, 0.29) is 12.0 Å². The number of thioether (sulfide) groups is 1. The van der Waals surface area contributed by atoms with E-state index >= 15 is 0 Å². The summed E-state index contributed by atoms with van der Waals surface area (Å²) in [5.41, 5.74) is 0.941. The van der Waals surface area contributed by atoms with Gasteiger partial charge in [-0.15, -0.1) is 11.8 Å². The quantitative estimate of drug-likeness (QED) is 0.740. The van der Waals surface area contributed by atoms with Gasteiger partial charge in [-0.3, -0.25) is 10.1 Å². The van der Waals surface area contributed by atoms with Crippen molar-refractivity contribution < 1.29 is 24.5 Å². The van der Waals surface area contributed by atoms with Gasteiger partial charge >= 0.3 is 11.9 Å². The van der Waals surface area contributed by atoms with Crippen LogP contribution in [0.3, 0.4) is 0 Å². The van der Waals surface area contributed by atoms with Gasteiger partial charge in [0.1, 0.15) is 11.8 Å². The predicted molar refractivity (Wildman–Crippen MR) is 69.3 cm³/mol. The molecule has 0 spiro atoms. The van der Waals surface area contributed by atoms with E-state index < -0.39 is 18.0 Å². The second-order valence-electron chi connectivity index (χ2n) is 4.02. The van der Waals surface area contributed by atoms with Crippen LogP contribution < -0.4 is 10.1 Å². The molecule has 19 heavy (non-hydrogen) atoms. The van der Waals surface area contributed by atoms with Gasteiger partial charge in [-0.2, -0.15) is 0 Å². The van der Waals surface area contributed by atoms with Gasteiger partial charge < -0.3 is 14.9 Å². The summed E-state index contributed by atoms with van der Waals surface area (Å²) in [7, 11) is 0. The average molecular weight is 283 g/mol. The van der Waals surface area contributed by atoms with Crippen LogP contribution in [0.2, 0.25) is 0 Å². The van der Waals surface area contributed by atoms with E-state index in [9.17, 15) is 9.59 Å². The van der Waals surface area contributed by atoms with Crippen molar-refractivity contribution in [1.29, 1.82) is 0 Å². The van der Waals surface area contributed by atoms with Crippen LogP contribution in [0.15, 0.2) is 24.3 Å². The van der Waals surface area contributed by atoms with E-state index in [1.54, 1.807) is 24.3 Å². The fourth-order valence-electron chi connectivity index (χ4n) is 1.69. The van der Waals surface area contributed by atoms with Crippen LogP contribution in [-0.2, 0) is 9.59 Å². The molecule has 0 amide bonds. The lowest BCUT2D eigenvalue weighted by Gasteiger charge is -2.12. The van der Waals surface area contributed by atoms with Crippen molar-refractivity contribution in [2.75, 3.05) is 12.4 Å². The zero-order chi connectivity index (χ0) is 13.8. The number of nitrogens with one attached hydrogen (secondary N) is 1. The molecule has 1 aromatic carbocycles. The number of hydrogen-bond donors (Lipinski definition) is 3. The number of hydrogen-bond acceptors (Lipinski definition) is 5. The molecule has 1 fully saturated rings. The van der Waals surface area contributed by atoms with Crippen molar-refractivity contribution in [3.05, 3.63) is 29.8 Å². The molecule has 0 saturated carbocycles. The third-order valence-corrected chi connectivity index (χ3v) is 3.89. The Bertz CT molecular complexity index is 476. The van der Waals surface area contributed by atoms with Gasteiger partial charge in [0.2, 0.25) is 0 Å². The summed E-state index contributed by atoms with van der Waals surface area (Å²) in [6.07, 6.45) is 0. The molecule has 0 unspecified atom stereocenters. The Kier molecular flexibility index (Phi) is 4.28. The molecular formula is C12H13NO5S. The van der Waals surface area contributed by atoms with Crippen LogP contribution >= 0.6 is 11.8 Å². The van der Waals surface area contributed by atoms with E-state index in [0.717, 1.165) is 5.56 Å². The molecule has 6 nitrogen and oxygen atoms in total. The van der Waals surface area contributed by atoms with E-state index in [1.165, 1.54) is 11.8 Å². The van der Waals surface area contributed by atoms with Crippen molar-refractivity contribution in [2.24, 2.45) is 0 Å². The number of carboxylic acids is 2. The van der Waals surface area contributed by atoms with Gasteiger partial charge in [0.05, 0.1) is 5.37 Å². The highest BCUT2D eigenvalue weighted by Crippen LogP contribution is 2.33. The molecule has 3 N–H and O–H groups in total. The van der Waals surface area contributed by atoms with Crippen LogP contribution in [0, 0.1) is 0 Å². The third kappa shape index (κ3) is 3.62. The van der Waals surface area contributed by atoms with Gasteiger partial charge in [0.25, 0.3) is 0 Å².